The molecule has 0 spiro atoms. The highest BCUT2D eigenvalue weighted by molar-refractivity contribution is 5.60. The molecule has 0 unspecified atom stereocenters. The lowest BCUT2D eigenvalue weighted by Crippen LogP contribution is -2.18. The molecule has 0 saturated carbocycles. The Kier molecular flexibility index (Phi) is 5.17. The van der Waals surface area contributed by atoms with Gasteiger partial charge in [0.25, 0.3) is 5.56 Å². The number of aromatic nitrogens is 3. The van der Waals surface area contributed by atoms with Crippen LogP contribution in [0.2, 0.25) is 0 Å². The van der Waals surface area contributed by atoms with Crippen LogP contribution in [0.1, 0.15) is 34.0 Å². The molecule has 3 heterocycles. The van der Waals surface area contributed by atoms with Gasteiger partial charge in [0.15, 0.2) is 17.5 Å². The Bertz CT molecular complexity index is 1460. The Morgan fingerprint density at radius 2 is 1.82 bits per heavy atom. The SMILES string of the molecule is Cc1cc(Cc2nc3c(Cc4cccc(F)c4F)[nH]c(-c4ccccc4)cn-3c2=O)oc1C. The molecule has 0 fully saturated rings. The van der Waals surface area contributed by atoms with E-state index in [-0.39, 0.29) is 24.0 Å². The summed E-state index contributed by atoms with van der Waals surface area (Å²) in [6.45, 7) is 3.81. The zero-order chi connectivity index (χ0) is 23.1. The zero-order valence-corrected chi connectivity index (χ0v) is 18.2. The number of nitrogens with one attached hydrogen (secondary N) is 1. The number of benzene rings is 2. The molecule has 3 aromatic rings. The summed E-state index contributed by atoms with van der Waals surface area (Å²) in [6, 6.07) is 15.4. The average Bonchev–Trinajstić information content (AvgIpc) is 3.30. The van der Waals surface area contributed by atoms with E-state index in [0.717, 1.165) is 23.0 Å². The second-order valence-corrected chi connectivity index (χ2v) is 8.09. The fourth-order valence-corrected chi connectivity index (χ4v) is 3.96. The number of hydrogen-bond acceptors (Lipinski definition) is 3. The lowest BCUT2D eigenvalue weighted by molar-refractivity contribution is 0.489. The van der Waals surface area contributed by atoms with Gasteiger partial charge in [0.1, 0.15) is 17.2 Å². The third kappa shape index (κ3) is 3.86. The van der Waals surface area contributed by atoms with E-state index in [1.54, 1.807) is 6.20 Å². The van der Waals surface area contributed by atoms with Crippen molar-refractivity contribution in [1.82, 2.24) is 14.5 Å². The van der Waals surface area contributed by atoms with E-state index in [1.807, 2.05) is 50.2 Å². The fraction of sp³-hybridized carbons (Fsp3) is 0.154. The van der Waals surface area contributed by atoms with E-state index in [2.05, 4.69) is 9.97 Å². The van der Waals surface area contributed by atoms with Crippen molar-refractivity contribution in [3.05, 3.63) is 117 Å². The molecule has 166 valence electrons. The second kappa shape index (κ2) is 8.16. The van der Waals surface area contributed by atoms with E-state index in [1.165, 1.54) is 16.7 Å². The molecule has 5 rings (SSSR count). The first-order valence-electron chi connectivity index (χ1n) is 10.6. The van der Waals surface area contributed by atoms with Gasteiger partial charge < -0.3 is 9.40 Å². The van der Waals surface area contributed by atoms with Crippen molar-refractivity contribution in [3.8, 4) is 17.1 Å². The lowest BCUT2D eigenvalue weighted by Gasteiger charge is -2.13. The highest BCUT2D eigenvalue weighted by Crippen LogP contribution is 2.25. The van der Waals surface area contributed by atoms with Crippen molar-refractivity contribution in [3.63, 3.8) is 0 Å². The Hall–Kier alpha value is -4.00. The molecule has 1 N–H and O–H groups in total. The number of halogens is 2. The van der Waals surface area contributed by atoms with Crippen LogP contribution < -0.4 is 5.56 Å². The highest BCUT2D eigenvalue weighted by Gasteiger charge is 2.22. The van der Waals surface area contributed by atoms with Gasteiger partial charge >= 0.3 is 0 Å². The quantitative estimate of drug-likeness (QED) is 0.397. The van der Waals surface area contributed by atoms with Crippen LogP contribution in [0.4, 0.5) is 8.78 Å². The minimum Gasteiger partial charge on any atom is -0.466 e. The van der Waals surface area contributed by atoms with E-state index >= 15 is 0 Å². The van der Waals surface area contributed by atoms with Gasteiger partial charge in [0.05, 0.1) is 17.8 Å². The zero-order valence-electron chi connectivity index (χ0n) is 18.2. The van der Waals surface area contributed by atoms with Gasteiger partial charge in [0, 0.05) is 12.6 Å². The summed E-state index contributed by atoms with van der Waals surface area (Å²) in [6.07, 6.45) is 1.97. The number of H-pyrrole nitrogens is 1. The fourth-order valence-electron chi connectivity index (χ4n) is 3.96. The van der Waals surface area contributed by atoms with E-state index in [4.69, 9.17) is 4.42 Å². The van der Waals surface area contributed by atoms with Crippen LogP contribution >= 0.6 is 0 Å². The van der Waals surface area contributed by atoms with Crippen molar-refractivity contribution < 1.29 is 13.2 Å². The molecule has 0 saturated heterocycles. The van der Waals surface area contributed by atoms with Crippen LogP contribution in [0.25, 0.3) is 17.1 Å². The lowest BCUT2D eigenvalue weighted by atomic mass is 10.1. The molecule has 0 aliphatic carbocycles. The molecule has 33 heavy (non-hydrogen) atoms. The number of hydrogen-bond donors (Lipinski definition) is 1. The van der Waals surface area contributed by atoms with Crippen LogP contribution in [0.5, 0.6) is 0 Å². The normalized spacial score (nSPS) is 11.4. The van der Waals surface area contributed by atoms with Gasteiger partial charge in [-0.1, -0.05) is 42.5 Å². The average molecular weight is 445 g/mol. The smallest absolute Gasteiger partial charge is 0.278 e. The number of nitrogens with zero attached hydrogens (tertiary/aromatic N) is 2. The van der Waals surface area contributed by atoms with Crippen molar-refractivity contribution >= 4 is 0 Å². The number of aryl methyl sites for hydroxylation is 2. The Morgan fingerprint density at radius 1 is 1.03 bits per heavy atom. The first-order valence-corrected chi connectivity index (χ1v) is 10.6. The Labute approximate surface area is 188 Å². The van der Waals surface area contributed by atoms with E-state index in [9.17, 15) is 13.6 Å². The summed E-state index contributed by atoms with van der Waals surface area (Å²) in [5, 5.41) is 0. The summed E-state index contributed by atoms with van der Waals surface area (Å²) in [7, 11) is 0. The van der Waals surface area contributed by atoms with E-state index in [0.29, 0.717) is 28.7 Å². The molecule has 2 aromatic carbocycles. The van der Waals surface area contributed by atoms with Crippen LogP contribution in [0.3, 0.4) is 0 Å². The first-order chi connectivity index (χ1) is 15.9. The van der Waals surface area contributed by atoms with Gasteiger partial charge in [-0.2, -0.15) is 0 Å². The summed E-state index contributed by atoms with van der Waals surface area (Å²) >= 11 is 0. The van der Waals surface area contributed by atoms with Gasteiger partial charge in [-0.15, -0.1) is 0 Å². The summed E-state index contributed by atoms with van der Waals surface area (Å²) in [5.74, 6) is -0.0123. The van der Waals surface area contributed by atoms with Crippen molar-refractivity contribution in [2.75, 3.05) is 0 Å². The molecular weight excluding hydrogens is 424 g/mol. The van der Waals surface area contributed by atoms with Crippen LogP contribution in [0, 0.1) is 25.5 Å². The Balaban J connectivity index is 1.66. The van der Waals surface area contributed by atoms with Crippen LogP contribution in [-0.2, 0) is 12.8 Å². The van der Waals surface area contributed by atoms with Crippen LogP contribution in [-0.4, -0.2) is 14.5 Å². The van der Waals surface area contributed by atoms with Gasteiger partial charge in [-0.25, -0.2) is 13.8 Å². The minimum atomic E-state index is -0.917. The van der Waals surface area contributed by atoms with Crippen LogP contribution in [0.15, 0.2) is 70.0 Å². The monoisotopic (exact) mass is 445 g/mol. The molecule has 2 aliphatic rings. The number of aromatic amines is 1. The highest BCUT2D eigenvalue weighted by atomic mass is 19.2. The third-order valence-corrected chi connectivity index (χ3v) is 5.79. The minimum absolute atomic E-state index is 0.0443. The maximum atomic E-state index is 14.4. The van der Waals surface area contributed by atoms with Crippen molar-refractivity contribution in [2.45, 2.75) is 26.7 Å². The molecule has 7 heteroatoms. The van der Waals surface area contributed by atoms with Gasteiger partial charge in [0.2, 0.25) is 0 Å². The van der Waals surface area contributed by atoms with E-state index < -0.39 is 11.6 Å². The molecule has 0 radical (unpaired) electrons. The third-order valence-electron chi connectivity index (χ3n) is 5.79. The van der Waals surface area contributed by atoms with Gasteiger partial charge in [-0.05, 0) is 42.7 Å². The van der Waals surface area contributed by atoms with Gasteiger partial charge in [-0.3, -0.25) is 9.36 Å². The molecule has 5 nitrogen and oxygen atoms in total. The predicted molar refractivity (Wildman–Crippen MR) is 121 cm³/mol. The molecule has 2 aliphatic heterocycles. The second-order valence-electron chi connectivity index (χ2n) is 8.09. The molecule has 0 atom stereocenters. The predicted octanol–water partition coefficient (Wildman–Crippen LogP) is 5.34. The summed E-state index contributed by atoms with van der Waals surface area (Å²) in [4.78, 5) is 21.1. The number of imidazole rings is 1. The summed E-state index contributed by atoms with van der Waals surface area (Å²) < 4.78 is 35.4. The number of furan rings is 1. The number of rotatable bonds is 5. The largest absolute Gasteiger partial charge is 0.466 e. The summed E-state index contributed by atoms with van der Waals surface area (Å²) in [5.41, 5.74) is 3.26. The molecule has 0 bridgehead atoms. The molecular formula is C26H21F2N3O2. The molecule has 0 amide bonds. The molecule has 1 aromatic heterocycles. The maximum absolute atomic E-state index is 14.4. The van der Waals surface area contributed by atoms with Crippen molar-refractivity contribution in [2.24, 2.45) is 0 Å². The Morgan fingerprint density at radius 3 is 2.55 bits per heavy atom. The topological polar surface area (TPSA) is 63.8 Å². The maximum Gasteiger partial charge on any atom is 0.278 e. The van der Waals surface area contributed by atoms with Crippen molar-refractivity contribution in [1.29, 1.82) is 0 Å². The standard InChI is InChI=1S/C26H21F2N3O2/c1-15-11-19(33-16(15)2)13-22-26(32)31-14-23(17-7-4-3-5-8-17)29-21(25(31)30-22)12-18-9-6-10-20(27)24(18)28/h3-11,14,29H,12-13H2,1-2H3. The first kappa shape index (κ1) is 20.9. The number of fused-ring (bicyclic) bond motifs is 1.